The number of fused-ring (bicyclic) bond motifs is 5. The van der Waals surface area contributed by atoms with Gasteiger partial charge in [-0.05, 0) is 82.5 Å². The van der Waals surface area contributed by atoms with Crippen LogP contribution in [0.1, 0.15) is 86.0 Å². The predicted molar refractivity (Wildman–Crippen MR) is 148 cm³/mol. The van der Waals surface area contributed by atoms with Crippen molar-refractivity contribution in [1.82, 2.24) is 0 Å². The maximum Gasteiger partial charge on any atom is 0.216 e. The minimum Gasteiger partial charge on any atom is -0.389 e. The molecule has 230 valence electrons. The van der Waals surface area contributed by atoms with E-state index in [9.17, 15) is 33.8 Å². The van der Waals surface area contributed by atoms with Crippen LogP contribution in [0, 0.1) is 34.5 Å². The van der Waals surface area contributed by atoms with Gasteiger partial charge in [0.05, 0.1) is 23.2 Å². The Morgan fingerprint density at radius 1 is 1.05 bits per heavy atom. The van der Waals surface area contributed by atoms with Crippen LogP contribution >= 0.6 is 11.2 Å². The van der Waals surface area contributed by atoms with Gasteiger partial charge >= 0.3 is 0 Å². The second-order valence-corrected chi connectivity index (χ2v) is 15.2. The molecule has 0 amide bonds. The van der Waals surface area contributed by atoms with Crippen LogP contribution < -0.4 is 0 Å². The van der Waals surface area contributed by atoms with Crippen molar-refractivity contribution < 1.29 is 47.4 Å². The number of ketones is 1. The maximum atomic E-state index is 13.6. The molecule has 5 aliphatic rings. The van der Waals surface area contributed by atoms with Crippen LogP contribution in [0.15, 0.2) is 11.6 Å². The van der Waals surface area contributed by atoms with Crippen molar-refractivity contribution in [1.29, 1.82) is 0 Å². The molecule has 0 aromatic heterocycles. The third-order valence-electron chi connectivity index (χ3n) is 12.6. The molecular weight excluding hydrogens is 540 g/mol. The fourth-order valence-corrected chi connectivity index (χ4v) is 10.1. The van der Waals surface area contributed by atoms with Crippen molar-refractivity contribution in [3.8, 4) is 0 Å². The van der Waals surface area contributed by atoms with Crippen molar-refractivity contribution in [3.05, 3.63) is 11.6 Å². The number of aliphatic hydroxyl groups excluding tert-OH is 1. The van der Waals surface area contributed by atoms with Gasteiger partial charge in [0, 0.05) is 25.9 Å². The van der Waals surface area contributed by atoms with E-state index >= 15 is 0 Å². The molecule has 12 atom stereocenters. The minimum absolute atomic E-state index is 0.00548. The molecule has 0 radical (unpaired) electrons. The molecule has 10 nitrogen and oxygen atoms in total. The summed E-state index contributed by atoms with van der Waals surface area (Å²) in [6, 6.07) is 0. The van der Waals surface area contributed by atoms with E-state index in [-0.39, 0.29) is 35.9 Å². The summed E-state index contributed by atoms with van der Waals surface area (Å²) in [5.74, 6) is 0.151. The lowest BCUT2D eigenvalue weighted by molar-refractivity contribution is -0.338. The fraction of sp³-hybridized carbons (Fsp3) is 0.897. The van der Waals surface area contributed by atoms with Crippen LogP contribution in [0.25, 0.3) is 0 Å². The number of carbonyl (C=O) groups excluding carboxylic acids is 1. The van der Waals surface area contributed by atoms with Crippen LogP contribution in [0.3, 0.4) is 0 Å². The molecule has 3 saturated carbocycles. The molecule has 1 saturated heterocycles. The first-order valence-corrected chi connectivity index (χ1v) is 16.0. The van der Waals surface area contributed by atoms with Crippen molar-refractivity contribution in [2.75, 3.05) is 7.11 Å². The first-order valence-electron chi connectivity index (χ1n) is 14.6. The Hall–Kier alpha value is -0.600. The van der Waals surface area contributed by atoms with Gasteiger partial charge in [0.2, 0.25) is 11.2 Å². The average molecular weight is 589 g/mol. The van der Waals surface area contributed by atoms with E-state index in [4.69, 9.17) is 13.7 Å². The third kappa shape index (κ3) is 4.30. The summed E-state index contributed by atoms with van der Waals surface area (Å²) in [4.78, 5) is 13.6. The summed E-state index contributed by atoms with van der Waals surface area (Å²) < 4.78 is 44.8. The second kappa shape index (κ2) is 9.70. The van der Waals surface area contributed by atoms with Crippen LogP contribution in [0.2, 0.25) is 0 Å². The molecule has 0 spiro atoms. The molecule has 5 rings (SSSR count). The van der Waals surface area contributed by atoms with E-state index in [0.29, 0.717) is 19.3 Å². The van der Waals surface area contributed by atoms with Gasteiger partial charge in [0.15, 0.2) is 6.29 Å². The zero-order valence-corrected chi connectivity index (χ0v) is 25.3. The van der Waals surface area contributed by atoms with Gasteiger partial charge < -0.3 is 24.8 Å². The summed E-state index contributed by atoms with van der Waals surface area (Å²) in [6.45, 7) is 9.42. The number of hydrogen-bond donors (Lipinski definition) is 6. The van der Waals surface area contributed by atoms with Crippen LogP contribution in [-0.4, -0.2) is 77.2 Å². The Morgan fingerprint density at radius 3 is 2.33 bits per heavy atom. The Balaban J connectivity index is 1.40. The predicted octanol–water partition coefficient (Wildman–Crippen LogP) is 4.28. The lowest BCUT2D eigenvalue weighted by Crippen LogP contribution is -2.67. The van der Waals surface area contributed by atoms with Gasteiger partial charge in [-0.2, -0.15) is 0 Å². The quantitative estimate of drug-likeness (QED) is 0.255. The SMILES string of the molecule is COC1(C)CC(C(C)C2(O)CCC3C4CC=C5CC(OS(O)(O)O)CC(=O)C5(C)C4CCC32C)OC(O)C1(C)O. The van der Waals surface area contributed by atoms with Gasteiger partial charge in [-0.15, -0.1) is 0 Å². The van der Waals surface area contributed by atoms with Gasteiger partial charge in [0.25, 0.3) is 0 Å². The molecular formula is C29H48O10S. The van der Waals surface area contributed by atoms with E-state index in [1.54, 1.807) is 6.92 Å². The Labute approximate surface area is 238 Å². The lowest BCUT2D eigenvalue weighted by Gasteiger charge is -2.60. The molecule has 0 aromatic carbocycles. The Bertz CT molecular complexity index is 1060. The molecule has 11 heteroatoms. The molecule has 1 heterocycles. The molecule has 1 aliphatic heterocycles. The number of ether oxygens (including phenoxy) is 2. The highest BCUT2D eigenvalue weighted by atomic mass is 32.3. The summed E-state index contributed by atoms with van der Waals surface area (Å²) in [6.07, 6.45) is 3.74. The fourth-order valence-electron chi connectivity index (χ4n) is 9.62. The standard InChI is InChI=1S/C29H48O10S/c1-16(22-15-26(3,37-6)28(5,32)24(31)38-22)29(33)12-10-20-19-8-7-17-13-18(39-40(34,35)36)14-23(30)27(17,4)21(19)9-11-25(20,29)2/h7,16,18-22,24,31-36H,8-15H2,1-6H3. The normalized spacial score (nSPS) is 52.3. The van der Waals surface area contributed by atoms with E-state index < -0.39 is 57.3 Å². The van der Waals surface area contributed by atoms with E-state index in [2.05, 4.69) is 13.0 Å². The average Bonchev–Trinajstić information content (AvgIpc) is 3.13. The van der Waals surface area contributed by atoms with Crippen molar-refractivity contribution in [3.63, 3.8) is 0 Å². The first-order chi connectivity index (χ1) is 18.3. The number of aliphatic hydroxyl groups is 3. The van der Waals surface area contributed by atoms with E-state index in [0.717, 1.165) is 31.3 Å². The van der Waals surface area contributed by atoms with Crippen LogP contribution in [0.4, 0.5) is 0 Å². The number of Topliss-reactive ketones (excluding diaryl/α,β-unsaturated/α-hetero) is 1. The van der Waals surface area contributed by atoms with Crippen molar-refractivity contribution in [2.45, 2.75) is 121 Å². The highest BCUT2D eigenvalue weighted by Gasteiger charge is 2.68. The number of allylic oxidation sites excluding steroid dienone is 1. The van der Waals surface area contributed by atoms with E-state index in [1.165, 1.54) is 14.0 Å². The molecule has 4 fully saturated rings. The van der Waals surface area contributed by atoms with E-state index in [1.807, 2.05) is 13.8 Å². The van der Waals surface area contributed by atoms with Crippen LogP contribution in [0.5, 0.6) is 0 Å². The topological polar surface area (TPSA) is 166 Å². The number of carbonyl (C=O) groups is 1. The summed E-state index contributed by atoms with van der Waals surface area (Å²) in [5, 5.41) is 34.1. The number of hydrogen-bond acceptors (Lipinski definition) is 10. The second-order valence-electron chi connectivity index (χ2n) is 14.1. The minimum atomic E-state index is -4.15. The van der Waals surface area contributed by atoms with Crippen molar-refractivity contribution >= 4 is 16.9 Å². The van der Waals surface area contributed by atoms with Gasteiger partial charge in [-0.3, -0.25) is 22.6 Å². The van der Waals surface area contributed by atoms with Gasteiger partial charge in [-0.1, -0.05) is 25.5 Å². The molecule has 0 bridgehead atoms. The summed E-state index contributed by atoms with van der Waals surface area (Å²) in [7, 11) is 1.51. The first kappa shape index (κ1) is 30.8. The Morgan fingerprint density at radius 2 is 1.70 bits per heavy atom. The molecule has 12 unspecified atom stereocenters. The van der Waals surface area contributed by atoms with Crippen molar-refractivity contribution in [2.24, 2.45) is 34.5 Å². The molecule has 40 heavy (non-hydrogen) atoms. The maximum absolute atomic E-state index is 13.6. The van der Waals surface area contributed by atoms with Gasteiger partial charge in [0.1, 0.15) is 17.0 Å². The number of methoxy groups -OCH3 is 1. The molecule has 4 aliphatic carbocycles. The number of rotatable bonds is 5. The zero-order chi connectivity index (χ0) is 29.7. The van der Waals surface area contributed by atoms with Crippen LogP contribution in [-0.2, 0) is 18.5 Å². The largest absolute Gasteiger partial charge is 0.389 e. The smallest absolute Gasteiger partial charge is 0.216 e. The monoisotopic (exact) mass is 588 g/mol. The Kier molecular flexibility index (Phi) is 7.48. The summed E-state index contributed by atoms with van der Waals surface area (Å²) in [5.41, 5.74) is -3.89. The molecule has 0 aromatic rings. The third-order valence-corrected chi connectivity index (χ3v) is 13.1. The summed E-state index contributed by atoms with van der Waals surface area (Å²) >= 11 is -4.15. The highest BCUT2D eigenvalue weighted by molar-refractivity contribution is 8.15. The molecule has 6 N–H and O–H groups in total. The lowest BCUT2D eigenvalue weighted by atomic mass is 9.46. The zero-order valence-electron chi connectivity index (χ0n) is 24.5. The van der Waals surface area contributed by atoms with Gasteiger partial charge in [-0.25, -0.2) is 0 Å². The highest BCUT2D eigenvalue weighted by Crippen LogP contribution is 2.68.